The van der Waals surface area contributed by atoms with Gasteiger partial charge < -0.3 is 19.3 Å². The van der Waals surface area contributed by atoms with Gasteiger partial charge in [0.2, 0.25) is 5.76 Å². The SMILES string of the molecule is Cc1cc(F)cc(COC2=C(OCc3cc(C)cc(F)c3)C(C(CO)OP(=O)(OCc3cc(C)cc(F)c3)OCc3cc(C)cc(F)c3)OC2=O)c1. The lowest BCUT2D eigenvalue weighted by Gasteiger charge is -2.27. The predicted molar refractivity (Wildman–Crippen MR) is 180 cm³/mol. The summed E-state index contributed by atoms with van der Waals surface area (Å²) in [5, 5.41) is 10.5. The molecule has 2 unspecified atom stereocenters. The number of phosphoric acid groups is 1. The van der Waals surface area contributed by atoms with Crippen LogP contribution in [0.15, 0.2) is 84.3 Å². The fourth-order valence-electron chi connectivity index (χ4n) is 5.63. The number of aliphatic hydroxyl groups is 1. The molecule has 0 radical (unpaired) electrons. The van der Waals surface area contributed by atoms with Crippen LogP contribution in [0, 0.1) is 51.0 Å². The van der Waals surface area contributed by atoms with Crippen molar-refractivity contribution in [2.24, 2.45) is 0 Å². The van der Waals surface area contributed by atoms with Gasteiger partial charge in [0, 0.05) is 0 Å². The van der Waals surface area contributed by atoms with Gasteiger partial charge in [0.15, 0.2) is 11.9 Å². The zero-order valence-electron chi connectivity index (χ0n) is 28.8. The van der Waals surface area contributed by atoms with E-state index in [0.29, 0.717) is 33.4 Å². The van der Waals surface area contributed by atoms with Gasteiger partial charge in [-0.15, -0.1) is 0 Å². The molecular formula is C38H37F4O9P. The molecule has 4 aromatic rings. The quantitative estimate of drug-likeness (QED) is 0.0689. The van der Waals surface area contributed by atoms with Gasteiger partial charge >= 0.3 is 13.8 Å². The van der Waals surface area contributed by atoms with Crippen molar-refractivity contribution in [2.45, 2.75) is 66.3 Å². The highest BCUT2D eigenvalue weighted by molar-refractivity contribution is 7.48. The van der Waals surface area contributed by atoms with E-state index in [1.54, 1.807) is 52.0 Å². The van der Waals surface area contributed by atoms with Crippen molar-refractivity contribution in [2.75, 3.05) is 6.61 Å². The minimum absolute atomic E-state index is 0.275. The average Bonchev–Trinajstić information content (AvgIpc) is 3.36. The van der Waals surface area contributed by atoms with Gasteiger partial charge in [-0.05, 0) is 121 Å². The monoisotopic (exact) mass is 744 g/mol. The summed E-state index contributed by atoms with van der Waals surface area (Å²) in [4.78, 5) is 13.2. The van der Waals surface area contributed by atoms with Crippen LogP contribution in [0.4, 0.5) is 17.6 Å². The minimum Gasteiger partial charge on any atom is -0.485 e. The van der Waals surface area contributed by atoms with Gasteiger partial charge in [-0.1, -0.05) is 24.3 Å². The molecule has 1 aliphatic heterocycles. The molecule has 0 fully saturated rings. The lowest BCUT2D eigenvalue weighted by atomic mass is 10.1. The summed E-state index contributed by atoms with van der Waals surface area (Å²) >= 11 is 0. The van der Waals surface area contributed by atoms with Crippen LogP contribution in [0.25, 0.3) is 0 Å². The van der Waals surface area contributed by atoms with Gasteiger partial charge in [-0.3, -0.25) is 13.6 Å². The zero-order valence-corrected chi connectivity index (χ0v) is 29.7. The number of esters is 1. The molecule has 5 rings (SSSR count). The molecule has 0 saturated carbocycles. The molecule has 52 heavy (non-hydrogen) atoms. The highest BCUT2D eigenvalue weighted by Gasteiger charge is 2.46. The van der Waals surface area contributed by atoms with Crippen molar-refractivity contribution in [3.05, 3.63) is 152 Å². The van der Waals surface area contributed by atoms with Crippen molar-refractivity contribution >= 4 is 13.8 Å². The molecule has 0 saturated heterocycles. The molecule has 276 valence electrons. The van der Waals surface area contributed by atoms with Gasteiger partial charge in [0.05, 0.1) is 19.8 Å². The highest BCUT2D eigenvalue weighted by atomic mass is 31.2. The molecule has 1 N–H and O–H groups in total. The van der Waals surface area contributed by atoms with E-state index in [0.717, 1.165) is 12.1 Å². The lowest BCUT2D eigenvalue weighted by Crippen LogP contribution is -2.35. The maximum atomic E-state index is 14.3. The fraction of sp³-hybridized carbons (Fsp3) is 0.289. The second-order valence-electron chi connectivity index (χ2n) is 12.5. The number of hydrogen-bond acceptors (Lipinski definition) is 9. The second-order valence-corrected chi connectivity index (χ2v) is 14.1. The van der Waals surface area contributed by atoms with E-state index in [1.165, 1.54) is 36.4 Å². The zero-order chi connectivity index (χ0) is 37.6. The van der Waals surface area contributed by atoms with E-state index in [-0.39, 0.29) is 30.1 Å². The van der Waals surface area contributed by atoms with Crippen molar-refractivity contribution in [1.82, 2.24) is 0 Å². The topological polar surface area (TPSA) is 110 Å². The molecule has 1 heterocycles. The van der Waals surface area contributed by atoms with Crippen LogP contribution < -0.4 is 0 Å². The van der Waals surface area contributed by atoms with Crippen molar-refractivity contribution in [1.29, 1.82) is 0 Å². The van der Waals surface area contributed by atoms with E-state index < -0.39 is 74.8 Å². The van der Waals surface area contributed by atoms with E-state index in [4.69, 9.17) is 27.8 Å². The lowest BCUT2D eigenvalue weighted by molar-refractivity contribution is -0.148. The maximum Gasteiger partial charge on any atom is 0.475 e. The number of hydrogen-bond donors (Lipinski definition) is 1. The third-order valence-corrected chi connectivity index (χ3v) is 9.07. The van der Waals surface area contributed by atoms with Crippen LogP contribution in [0.3, 0.4) is 0 Å². The third kappa shape index (κ3) is 10.5. The van der Waals surface area contributed by atoms with Crippen LogP contribution in [0.2, 0.25) is 0 Å². The Kier molecular flexibility index (Phi) is 12.6. The Labute approximate surface area is 298 Å². The number of phosphoric ester groups is 1. The van der Waals surface area contributed by atoms with E-state index >= 15 is 0 Å². The summed E-state index contributed by atoms with van der Waals surface area (Å²) in [5.41, 5.74) is 3.60. The Morgan fingerprint density at radius 3 is 1.40 bits per heavy atom. The third-order valence-electron chi connectivity index (χ3n) is 7.65. The summed E-state index contributed by atoms with van der Waals surface area (Å²) < 4.78 is 105. The molecular weight excluding hydrogens is 707 g/mol. The normalized spacial score (nSPS) is 15.2. The van der Waals surface area contributed by atoms with Gasteiger partial charge in [-0.25, -0.2) is 26.9 Å². The van der Waals surface area contributed by atoms with Crippen LogP contribution in [-0.2, 0) is 63.6 Å². The summed E-state index contributed by atoms with van der Waals surface area (Å²) in [5.74, 6) is -4.00. The molecule has 0 aromatic heterocycles. The Balaban J connectivity index is 1.45. The first-order valence-electron chi connectivity index (χ1n) is 16.1. The number of halogens is 4. The molecule has 0 bridgehead atoms. The maximum absolute atomic E-state index is 14.3. The molecule has 2 atom stereocenters. The molecule has 9 nitrogen and oxygen atoms in total. The molecule has 0 aliphatic carbocycles. The Morgan fingerprint density at radius 2 is 1.02 bits per heavy atom. The van der Waals surface area contributed by atoms with Gasteiger partial charge in [-0.2, -0.15) is 0 Å². The van der Waals surface area contributed by atoms with E-state index in [9.17, 15) is 32.0 Å². The van der Waals surface area contributed by atoms with Gasteiger partial charge in [0.25, 0.3) is 0 Å². The molecule has 1 aliphatic rings. The smallest absolute Gasteiger partial charge is 0.475 e. The second kappa shape index (κ2) is 16.9. The Bertz CT molecular complexity index is 1880. The van der Waals surface area contributed by atoms with Crippen molar-refractivity contribution in [3.63, 3.8) is 0 Å². The van der Waals surface area contributed by atoms with E-state index in [1.807, 2.05) is 0 Å². The summed E-state index contributed by atoms with van der Waals surface area (Å²) in [7, 11) is -4.77. The number of ether oxygens (including phenoxy) is 3. The first kappa shape index (κ1) is 38.7. The average molecular weight is 745 g/mol. The van der Waals surface area contributed by atoms with Crippen LogP contribution in [0.5, 0.6) is 0 Å². The van der Waals surface area contributed by atoms with E-state index in [2.05, 4.69) is 0 Å². The summed E-state index contributed by atoms with van der Waals surface area (Å²) in [6, 6.07) is 16.4. The Hall–Kier alpha value is -4.52. The predicted octanol–water partition coefficient (Wildman–Crippen LogP) is 8.27. The first-order chi connectivity index (χ1) is 24.7. The largest absolute Gasteiger partial charge is 0.485 e. The number of cyclic esters (lactones) is 1. The number of aliphatic hydroxyl groups excluding tert-OH is 1. The molecule has 0 spiro atoms. The number of benzene rings is 4. The Morgan fingerprint density at radius 1 is 0.635 bits per heavy atom. The molecule has 14 heteroatoms. The van der Waals surface area contributed by atoms with Crippen LogP contribution in [-0.4, -0.2) is 29.9 Å². The van der Waals surface area contributed by atoms with Crippen molar-refractivity contribution < 1.29 is 59.8 Å². The summed E-state index contributed by atoms with van der Waals surface area (Å²) in [6.45, 7) is 4.18. The van der Waals surface area contributed by atoms with Crippen LogP contribution in [0.1, 0.15) is 44.5 Å². The van der Waals surface area contributed by atoms with Crippen LogP contribution >= 0.6 is 7.82 Å². The fourth-order valence-corrected chi connectivity index (χ4v) is 6.95. The summed E-state index contributed by atoms with van der Waals surface area (Å²) in [6.07, 6.45) is -3.29. The number of rotatable bonds is 16. The molecule has 0 amide bonds. The van der Waals surface area contributed by atoms with Gasteiger partial charge in [0.1, 0.15) is 42.6 Å². The standard InChI is InChI=1S/C38H37F4O9P/c1-22-5-26(13-30(39)9-22)18-46-36-35(50-38(44)37(36)47-19-27-6-23(2)10-31(40)14-27)34(17-43)51-52(45,48-20-28-7-24(3)11-32(41)15-28)49-21-29-8-25(4)12-33(42)16-29/h5-16,34-35,43H,17-21H2,1-4H3. The number of aryl methyl sites for hydroxylation is 4. The minimum atomic E-state index is -4.77. The molecule has 4 aromatic carbocycles. The van der Waals surface area contributed by atoms with Crippen molar-refractivity contribution in [3.8, 4) is 0 Å². The first-order valence-corrected chi connectivity index (χ1v) is 17.6. The highest BCUT2D eigenvalue weighted by Crippen LogP contribution is 2.53. The number of carbonyl (C=O) groups is 1. The number of carbonyl (C=O) groups excluding carboxylic acids is 1.